The molecule has 0 aromatic heterocycles. The Hall–Kier alpha value is -0.510. The summed E-state index contributed by atoms with van der Waals surface area (Å²) in [5.41, 5.74) is 0. The van der Waals surface area contributed by atoms with E-state index in [9.17, 15) is 0 Å². The molecule has 3 heteroatoms. The van der Waals surface area contributed by atoms with Crippen molar-refractivity contribution >= 4 is 12.8 Å². The summed E-state index contributed by atoms with van der Waals surface area (Å²) in [6.45, 7) is 10.2. The first-order valence-electron chi connectivity index (χ1n) is 4.60. The van der Waals surface area contributed by atoms with Gasteiger partial charge in [0.15, 0.2) is 0 Å². The maximum absolute atomic E-state index is 3.84. The maximum Gasteiger partial charge on any atom is 0.00561 e. The Balaban J connectivity index is -0.000000163. The van der Waals surface area contributed by atoms with E-state index in [0.717, 1.165) is 6.54 Å². The molecular formula is C11H24N2S. The molecule has 0 radical (unpaired) electrons. The van der Waals surface area contributed by atoms with Crippen LogP contribution in [0.3, 0.4) is 0 Å². The van der Waals surface area contributed by atoms with Crippen LogP contribution in [0.15, 0.2) is 37.5 Å². The van der Waals surface area contributed by atoms with Gasteiger partial charge in [-0.25, -0.2) is 0 Å². The van der Waals surface area contributed by atoms with Crippen LogP contribution in [0.5, 0.6) is 0 Å². The molecule has 0 unspecified atom stereocenters. The van der Waals surface area contributed by atoms with Crippen molar-refractivity contribution < 1.29 is 0 Å². The van der Waals surface area contributed by atoms with Crippen LogP contribution >= 0.6 is 12.8 Å². The highest BCUT2D eigenvalue weighted by Gasteiger charge is 1.79. The topological polar surface area (TPSA) is 47.0 Å². The van der Waals surface area contributed by atoms with Gasteiger partial charge in [0.25, 0.3) is 0 Å². The molecule has 0 aromatic carbocycles. The van der Waals surface area contributed by atoms with Gasteiger partial charge < -0.3 is 6.15 Å². The summed E-state index contributed by atoms with van der Waals surface area (Å²) in [6.07, 6.45) is 10.9. The fourth-order valence-corrected chi connectivity index (χ4v) is 0.769. The predicted molar refractivity (Wildman–Crippen MR) is 71.1 cm³/mol. The van der Waals surface area contributed by atoms with Gasteiger partial charge >= 0.3 is 0 Å². The smallest absolute Gasteiger partial charge is 0.00561 e. The molecule has 2 nitrogen and oxygen atoms in total. The molecule has 0 amide bonds. The second kappa shape index (κ2) is 22.9. The molecule has 0 aromatic rings. The van der Waals surface area contributed by atoms with Crippen molar-refractivity contribution in [2.45, 2.75) is 26.2 Å². The maximum atomic E-state index is 3.84. The Bertz CT molecular complexity index is 119. The first-order valence-corrected chi connectivity index (χ1v) is 5.05. The summed E-state index contributed by atoms with van der Waals surface area (Å²) in [7, 11) is 0. The van der Waals surface area contributed by atoms with Crippen LogP contribution in [0.2, 0.25) is 0 Å². The molecule has 0 saturated carbocycles. The van der Waals surface area contributed by atoms with Crippen LogP contribution in [0, 0.1) is 0 Å². The van der Waals surface area contributed by atoms with E-state index in [0.29, 0.717) is 0 Å². The number of thiol groups is 1. The SMILES string of the molecule is C=C/C=C\C=C.CCCCCNS.N. The lowest BCUT2D eigenvalue weighted by molar-refractivity contribution is 0.710. The highest BCUT2D eigenvalue weighted by molar-refractivity contribution is 7.78. The molecule has 0 rings (SSSR count). The Morgan fingerprint density at radius 2 is 1.64 bits per heavy atom. The van der Waals surface area contributed by atoms with Gasteiger partial charge in [0, 0.05) is 6.54 Å². The van der Waals surface area contributed by atoms with E-state index in [-0.39, 0.29) is 6.15 Å². The summed E-state index contributed by atoms with van der Waals surface area (Å²) >= 11 is 3.84. The third kappa shape index (κ3) is 30.0. The van der Waals surface area contributed by atoms with Crippen LogP contribution in [-0.2, 0) is 0 Å². The predicted octanol–water partition coefficient (Wildman–Crippen LogP) is 3.69. The van der Waals surface area contributed by atoms with Crippen LogP contribution in [0.4, 0.5) is 0 Å². The fraction of sp³-hybridized carbons (Fsp3) is 0.455. The van der Waals surface area contributed by atoms with Gasteiger partial charge in [-0.05, 0) is 6.42 Å². The van der Waals surface area contributed by atoms with Gasteiger partial charge in [0.05, 0.1) is 0 Å². The zero-order valence-electron chi connectivity index (χ0n) is 9.21. The molecule has 0 spiro atoms. The first-order chi connectivity index (χ1) is 6.33. The average Bonchev–Trinajstić information content (AvgIpc) is 2.17. The lowest BCUT2D eigenvalue weighted by atomic mass is 10.3. The monoisotopic (exact) mass is 216 g/mol. The standard InChI is InChI=1S/C6H8.C5H13NS.H3N/c1-3-5-6-4-2;1-2-3-4-5-6-7;/h3-6H,1-2H2;6-7H,2-5H2,1H3;1H3/b6-5-;;. The number of nitrogens with one attached hydrogen (secondary N) is 1. The summed E-state index contributed by atoms with van der Waals surface area (Å²) in [5, 5.41) is 0. The van der Waals surface area contributed by atoms with Crippen molar-refractivity contribution in [2.75, 3.05) is 6.54 Å². The van der Waals surface area contributed by atoms with Crippen molar-refractivity contribution in [3.63, 3.8) is 0 Å². The zero-order chi connectivity index (χ0) is 10.4. The molecule has 0 atom stereocenters. The second-order valence-electron chi connectivity index (χ2n) is 2.47. The Morgan fingerprint density at radius 1 is 1.14 bits per heavy atom. The number of hydrogen-bond donors (Lipinski definition) is 3. The van der Waals surface area contributed by atoms with E-state index < -0.39 is 0 Å². The minimum absolute atomic E-state index is 0. The number of rotatable bonds is 6. The molecule has 0 heterocycles. The number of hydrogen-bond acceptors (Lipinski definition) is 3. The van der Waals surface area contributed by atoms with Gasteiger partial charge in [-0.3, -0.25) is 4.72 Å². The summed E-state index contributed by atoms with van der Waals surface area (Å²) in [6, 6.07) is 0. The lowest BCUT2D eigenvalue weighted by Crippen LogP contribution is -1.99. The van der Waals surface area contributed by atoms with E-state index >= 15 is 0 Å². The molecule has 14 heavy (non-hydrogen) atoms. The highest BCUT2D eigenvalue weighted by atomic mass is 32.1. The van der Waals surface area contributed by atoms with Gasteiger partial charge in [-0.15, -0.1) is 0 Å². The zero-order valence-corrected chi connectivity index (χ0v) is 10.1. The molecule has 0 fully saturated rings. The molecule has 84 valence electrons. The average molecular weight is 216 g/mol. The van der Waals surface area contributed by atoms with Gasteiger partial charge in [-0.1, -0.05) is 70.0 Å². The highest BCUT2D eigenvalue weighted by Crippen LogP contribution is 1.90. The summed E-state index contributed by atoms with van der Waals surface area (Å²) < 4.78 is 2.80. The number of unbranched alkanes of at least 4 members (excludes halogenated alkanes) is 2. The first kappa shape index (κ1) is 19.1. The van der Waals surface area contributed by atoms with Crippen LogP contribution in [0.25, 0.3) is 0 Å². The minimum atomic E-state index is 0. The van der Waals surface area contributed by atoms with Crippen molar-refractivity contribution in [3.05, 3.63) is 37.5 Å². The van der Waals surface area contributed by atoms with Crippen LogP contribution in [-0.4, -0.2) is 6.54 Å². The summed E-state index contributed by atoms with van der Waals surface area (Å²) in [5.74, 6) is 0. The number of allylic oxidation sites excluding steroid dienone is 4. The van der Waals surface area contributed by atoms with E-state index in [1.165, 1.54) is 19.3 Å². The molecule has 4 N–H and O–H groups in total. The lowest BCUT2D eigenvalue weighted by Gasteiger charge is -1.92. The van der Waals surface area contributed by atoms with E-state index in [4.69, 9.17) is 0 Å². The minimum Gasteiger partial charge on any atom is -0.344 e. The van der Waals surface area contributed by atoms with Crippen molar-refractivity contribution in [1.29, 1.82) is 0 Å². The van der Waals surface area contributed by atoms with Gasteiger partial charge in [0.1, 0.15) is 0 Å². The third-order valence-electron chi connectivity index (χ3n) is 1.28. The van der Waals surface area contributed by atoms with Crippen LogP contribution < -0.4 is 10.9 Å². The summed E-state index contributed by atoms with van der Waals surface area (Å²) in [4.78, 5) is 0. The molecule has 0 saturated heterocycles. The fourth-order valence-electron chi connectivity index (χ4n) is 0.611. The molecule has 0 aliphatic rings. The Morgan fingerprint density at radius 3 is 1.93 bits per heavy atom. The Labute approximate surface area is 94.3 Å². The van der Waals surface area contributed by atoms with Crippen molar-refractivity contribution in [1.82, 2.24) is 10.9 Å². The normalized spacial score (nSPS) is 8.43. The van der Waals surface area contributed by atoms with Gasteiger partial charge in [-0.2, -0.15) is 0 Å². The molecule has 0 aliphatic carbocycles. The second-order valence-corrected chi connectivity index (χ2v) is 2.79. The molecular weight excluding hydrogens is 192 g/mol. The van der Waals surface area contributed by atoms with E-state index in [2.05, 4.69) is 37.6 Å². The molecule has 0 bridgehead atoms. The van der Waals surface area contributed by atoms with Crippen molar-refractivity contribution in [2.24, 2.45) is 0 Å². The van der Waals surface area contributed by atoms with E-state index in [1.807, 2.05) is 12.2 Å². The quantitative estimate of drug-likeness (QED) is 0.360. The van der Waals surface area contributed by atoms with E-state index in [1.54, 1.807) is 12.2 Å². The Kier molecular flexibility index (Phi) is 31.2. The molecule has 0 aliphatic heterocycles. The third-order valence-corrected chi connectivity index (χ3v) is 1.50. The van der Waals surface area contributed by atoms with Gasteiger partial charge in [0.2, 0.25) is 0 Å². The van der Waals surface area contributed by atoms with Crippen LogP contribution in [0.1, 0.15) is 26.2 Å². The van der Waals surface area contributed by atoms with Crippen molar-refractivity contribution in [3.8, 4) is 0 Å². The largest absolute Gasteiger partial charge is 0.344 e.